The Morgan fingerprint density at radius 3 is 2.71 bits per heavy atom. The van der Waals surface area contributed by atoms with Crippen molar-refractivity contribution in [1.29, 1.82) is 0 Å². The van der Waals surface area contributed by atoms with Gasteiger partial charge in [-0.1, -0.05) is 0 Å². The summed E-state index contributed by atoms with van der Waals surface area (Å²) in [6.45, 7) is 5.24. The molecule has 0 saturated carbocycles. The lowest BCUT2D eigenvalue weighted by Crippen LogP contribution is -2.40. The van der Waals surface area contributed by atoms with Gasteiger partial charge >= 0.3 is 0 Å². The molecular weight excluding hydrogens is 276 g/mol. The smallest absolute Gasteiger partial charge is 0.126 e. The minimum Gasteiger partial charge on any atom is -0.388 e. The van der Waals surface area contributed by atoms with Gasteiger partial charge in [0.2, 0.25) is 0 Å². The highest BCUT2D eigenvalue weighted by molar-refractivity contribution is 5.20. The molecule has 0 aromatic heterocycles. The average molecular weight is 299 g/mol. The van der Waals surface area contributed by atoms with Gasteiger partial charge in [0.25, 0.3) is 0 Å². The molecule has 0 bridgehead atoms. The second kappa shape index (κ2) is 7.82. The lowest BCUT2D eigenvalue weighted by Gasteiger charge is -2.32. The number of aliphatic hydroxyl groups excluding tert-OH is 1. The predicted octanol–water partition coefficient (Wildman–Crippen LogP) is 2.89. The fourth-order valence-corrected chi connectivity index (χ4v) is 2.83. The number of hydrogen-bond donors (Lipinski definition) is 1. The standard InChI is InChI=1S/C16H23F2NO2/c1-2-21-15-4-3-6-19(11-15)7-5-16(20)12-8-13(17)10-14(18)9-12/h8-10,15-16,20H,2-7,11H2,1H3. The van der Waals surface area contributed by atoms with E-state index in [1.54, 1.807) is 0 Å². The van der Waals surface area contributed by atoms with E-state index in [4.69, 9.17) is 4.74 Å². The van der Waals surface area contributed by atoms with Crippen molar-refractivity contribution in [3.63, 3.8) is 0 Å². The summed E-state index contributed by atoms with van der Waals surface area (Å²) in [5.41, 5.74) is 0.297. The lowest BCUT2D eigenvalue weighted by molar-refractivity contribution is 0.00210. The first kappa shape index (κ1) is 16.3. The molecule has 0 radical (unpaired) electrons. The Morgan fingerprint density at radius 2 is 2.05 bits per heavy atom. The number of halogens is 2. The number of nitrogens with zero attached hydrogens (tertiary/aromatic N) is 1. The largest absolute Gasteiger partial charge is 0.388 e. The Morgan fingerprint density at radius 1 is 1.33 bits per heavy atom. The van der Waals surface area contributed by atoms with E-state index in [2.05, 4.69) is 4.90 Å². The zero-order valence-corrected chi connectivity index (χ0v) is 12.4. The van der Waals surface area contributed by atoms with Crippen molar-refractivity contribution in [2.75, 3.05) is 26.2 Å². The number of likely N-dealkylation sites (tertiary alicyclic amines) is 1. The van der Waals surface area contributed by atoms with Crippen LogP contribution >= 0.6 is 0 Å². The van der Waals surface area contributed by atoms with Gasteiger partial charge < -0.3 is 14.7 Å². The van der Waals surface area contributed by atoms with Gasteiger partial charge in [-0.2, -0.15) is 0 Å². The summed E-state index contributed by atoms with van der Waals surface area (Å²) in [5.74, 6) is -1.31. The molecule has 0 amide bonds. The SMILES string of the molecule is CCOC1CCCN(CCC(O)c2cc(F)cc(F)c2)C1. The normalized spacial score (nSPS) is 21.4. The van der Waals surface area contributed by atoms with Crippen LogP contribution < -0.4 is 0 Å². The summed E-state index contributed by atoms with van der Waals surface area (Å²) in [6, 6.07) is 3.19. The van der Waals surface area contributed by atoms with Crippen LogP contribution in [0.25, 0.3) is 0 Å². The maximum atomic E-state index is 13.1. The monoisotopic (exact) mass is 299 g/mol. The number of piperidine rings is 1. The minimum absolute atomic E-state index is 0.257. The van der Waals surface area contributed by atoms with Gasteiger partial charge in [0.1, 0.15) is 11.6 Å². The van der Waals surface area contributed by atoms with E-state index in [9.17, 15) is 13.9 Å². The van der Waals surface area contributed by atoms with E-state index in [1.165, 1.54) is 12.1 Å². The van der Waals surface area contributed by atoms with Crippen molar-refractivity contribution in [2.45, 2.75) is 38.4 Å². The highest BCUT2D eigenvalue weighted by Crippen LogP contribution is 2.21. The van der Waals surface area contributed by atoms with Crippen molar-refractivity contribution in [3.05, 3.63) is 35.4 Å². The molecule has 0 spiro atoms. The highest BCUT2D eigenvalue weighted by atomic mass is 19.1. The number of ether oxygens (including phenoxy) is 1. The summed E-state index contributed by atoms with van der Waals surface area (Å²) >= 11 is 0. The van der Waals surface area contributed by atoms with Crippen LogP contribution in [0.2, 0.25) is 0 Å². The Labute approximate surface area is 124 Å². The van der Waals surface area contributed by atoms with Gasteiger partial charge in [-0.25, -0.2) is 8.78 Å². The molecular formula is C16H23F2NO2. The summed E-state index contributed by atoms with van der Waals surface area (Å²) in [6.07, 6.45) is 2.02. The zero-order chi connectivity index (χ0) is 15.2. The fraction of sp³-hybridized carbons (Fsp3) is 0.625. The third kappa shape index (κ3) is 5.02. The van der Waals surface area contributed by atoms with Crippen molar-refractivity contribution in [3.8, 4) is 0 Å². The second-order valence-corrected chi connectivity index (χ2v) is 5.53. The molecule has 1 saturated heterocycles. The Kier molecular flexibility index (Phi) is 6.08. The molecule has 5 heteroatoms. The van der Waals surface area contributed by atoms with Crippen LogP contribution in [0.15, 0.2) is 18.2 Å². The molecule has 1 aliphatic heterocycles. The van der Waals surface area contributed by atoms with Crippen LogP contribution in [0.4, 0.5) is 8.78 Å². The summed E-state index contributed by atoms with van der Waals surface area (Å²) in [7, 11) is 0. The molecule has 1 heterocycles. The van der Waals surface area contributed by atoms with Gasteiger partial charge in [-0.15, -0.1) is 0 Å². The van der Waals surface area contributed by atoms with E-state index in [-0.39, 0.29) is 6.10 Å². The fourth-order valence-electron chi connectivity index (χ4n) is 2.83. The van der Waals surface area contributed by atoms with E-state index >= 15 is 0 Å². The third-order valence-corrected chi connectivity index (χ3v) is 3.85. The average Bonchev–Trinajstić information content (AvgIpc) is 2.44. The quantitative estimate of drug-likeness (QED) is 0.876. The van der Waals surface area contributed by atoms with Crippen LogP contribution in [0, 0.1) is 11.6 Å². The van der Waals surface area contributed by atoms with Crippen LogP contribution in [-0.4, -0.2) is 42.4 Å². The Hall–Kier alpha value is -1.04. The molecule has 1 aromatic rings. The van der Waals surface area contributed by atoms with Gasteiger partial charge in [0.15, 0.2) is 0 Å². The van der Waals surface area contributed by atoms with Crippen molar-refractivity contribution < 1.29 is 18.6 Å². The van der Waals surface area contributed by atoms with E-state index < -0.39 is 17.7 Å². The van der Waals surface area contributed by atoms with Crippen LogP contribution in [-0.2, 0) is 4.74 Å². The van der Waals surface area contributed by atoms with Crippen molar-refractivity contribution in [1.82, 2.24) is 4.90 Å². The molecule has 0 aliphatic carbocycles. The van der Waals surface area contributed by atoms with Crippen LogP contribution in [0.5, 0.6) is 0 Å². The Balaban J connectivity index is 1.84. The molecule has 2 atom stereocenters. The van der Waals surface area contributed by atoms with Gasteiger partial charge in [0.05, 0.1) is 12.2 Å². The number of rotatable bonds is 6. The molecule has 118 valence electrons. The first-order chi connectivity index (χ1) is 10.1. The van der Waals surface area contributed by atoms with Crippen molar-refractivity contribution >= 4 is 0 Å². The molecule has 1 fully saturated rings. The van der Waals surface area contributed by atoms with Crippen LogP contribution in [0.3, 0.4) is 0 Å². The van der Waals surface area contributed by atoms with Gasteiger partial charge in [0, 0.05) is 25.8 Å². The highest BCUT2D eigenvalue weighted by Gasteiger charge is 2.21. The van der Waals surface area contributed by atoms with Crippen LogP contribution in [0.1, 0.15) is 37.9 Å². The van der Waals surface area contributed by atoms with Gasteiger partial charge in [-0.05, 0) is 50.4 Å². The topological polar surface area (TPSA) is 32.7 Å². The van der Waals surface area contributed by atoms with Crippen molar-refractivity contribution in [2.24, 2.45) is 0 Å². The second-order valence-electron chi connectivity index (χ2n) is 5.53. The summed E-state index contributed by atoms with van der Waals surface area (Å²) in [5, 5.41) is 10.1. The van der Waals surface area contributed by atoms with Gasteiger partial charge in [-0.3, -0.25) is 0 Å². The molecule has 1 N–H and O–H groups in total. The molecule has 1 aromatic carbocycles. The summed E-state index contributed by atoms with van der Waals surface area (Å²) in [4.78, 5) is 2.24. The first-order valence-electron chi connectivity index (χ1n) is 7.56. The number of benzene rings is 1. The maximum Gasteiger partial charge on any atom is 0.126 e. The lowest BCUT2D eigenvalue weighted by atomic mass is 10.0. The molecule has 2 unspecified atom stereocenters. The Bertz CT molecular complexity index is 434. The summed E-state index contributed by atoms with van der Waals surface area (Å²) < 4.78 is 31.9. The first-order valence-corrected chi connectivity index (χ1v) is 7.56. The molecule has 1 aliphatic rings. The minimum atomic E-state index is -0.845. The number of aliphatic hydroxyl groups is 1. The molecule has 3 nitrogen and oxygen atoms in total. The number of hydrogen-bond acceptors (Lipinski definition) is 3. The zero-order valence-electron chi connectivity index (χ0n) is 12.4. The third-order valence-electron chi connectivity index (χ3n) is 3.85. The van der Waals surface area contributed by atoms with E-state index in [1.807, 2.05) is 6.92 Å². The van der Waals surface area contributed by atoms with E-state index in [0.717, 1.165) is 32.0 Å². The maximum absolute atomic E-state index is 13.1. The molecule has 21 heavy (non-hydrogen) atoms. The predicted molar refractivity (Wildman–Crippen MR) is 77.0 cm³/mol. The van der Waals surface area contributed by atoms with E-state index in [0.29, 0.717) is 25.1 Å². The molecule has 2 rings (SSSR count).